The number of hydrogen-bond donors (Lipinski definition) is 1. The third-order valence-corrected chi connectivity index (χ3v) is 2.82. The zero-order valence-corrected chi connectivity index (χ0v) is 9.94. The van der Waals surface area contributed by atoms with E-state index in [0.29, 0.717) is 5.39 Å². The Morgan fingerprint density at radius 3 is 2.24 bits per heavy atom. The minimum Gasteiger partial charge on any atom is -0.361 e. The standard InChI is InChI=1S/C13H14F3N/c1-12(2,3)10-7-17-11-5-4-8(6-9(10)11)13(14,15)16/h4-7,17H,1-3H3. The largest absolute Gasteiger partial charge is 0.416 e. The molecule has 0 saturated heterocycles. The van der Waals surface area contributed by atoms with Crippen molar-refractivity contribution in [2.45, 2.75) is 32.4 Å². The molecule has 4 heteroatoms. The van der Waals surface area contributed by atoms with Crippen LogP contribution in [0.2, 0.25) is 0 Å². The van der Waals surface area contributed by atoms with E-state index >= 15 is 0 Å². The van der Waals surface area contributed by atoms with E-state index in [2.05, 4.69) is 4.98 Å². The highest BCUT2D eigenvalue weighted by Crippen LogP contribution is 2.35. The van der Waals surface area contributed by atoms with Crippen LogP contribution in [0.1, 0.15) is 31.9 Å². The minimum atomic E-state index is -4.29. The van der Waals surface area contributed by atoms with E-state index in [1.807, 2.05) is 20.8 Å². The summed E-state index contributed by atoms with van der Waals surface area (Å²) in [6.45, 7) is 5.95. The molecule has 0 radical (unpaired) electrons. The van der Waals surface area contributed by atoms with Crippen molar-refractivity contribution in [3.8, 4) is 0 Å². The van der Waals surface area contributed by atoms with Crippen LogP contribution in [0.25, 0.3) is 10.9 Å². The Morgan fingerprint density at radius 1 is 1.06 bits per heavy atom. The minimum absolute atomic E-state index is 0.178. The lowest BCUT2D eigenvalue weighted by atomic mass is 9.86. The van der Waals surface area contributed by atoms with Crippen LogP contribution >= 0.6 is 0 Å². The van der Waals surface area contributed by atoms with Gasteiger partial charge in [0.2, 0.25) is 0 Å². The first-order chi connectivity index (χ1) is 7.69. The average molecular weight is 241 g/mol. The first kappa shape index (κ1) is 12.0. The molecule has 2 rings (SSSR count). The number of benzene rings is 1. The molecular weight excluding hydrogens is 227 g/mol. The van der Waals surface area contributed by atoms with Gasteiger partial charge in [-0.05, 0) is 29.2 Å². The van der Waals surface area contributed by atoms with Crippen LogP contribution in [0.5, 0.6) is 0 Å². The van der Waals surface area contributed by atoms with E-state index in [4.69, 9.17) is 0 Å². The molecule has 0 atom stereocenters. The fourth-order valence-corrected chi connectivity index (χ4v) is 1.92. The van der Waals surface area contributed by atoms with Crippen LogP contribution in [0, 0.1) is 0 Å². The maximum absolute atomic E-state index is 12.6. The number of nitrogens with one attached hydrogen (secondary N) is 1. The second-order valence-corrected chi connectivity index (χ2v) is 5.21. The number of rotatable bonds is 0. The first-order valence-corrected chi connectivity index (χ1v) is 5.38. The molecule has 0 spiro atoms. The van der Waals surface area contributed by atoms with Gasteiger partial charge in [0.25, 0.3) is 0 Å². The van der Waals surface area contributed by atoms with Gasteiger partial charge in [-0.1, -0.05) is 20.8 Å². The second-order valence-electron chi connectivity index (χ2n) is 5.21. The lowest BCUT2D eigenvalue weighted by molar-refractivity contribution is -0.137. The molecule has 0 aliphatic heterocycles. The van der Waals surface area contributed by atoms with Gasteiger partial charge in [0.15, 0.2) is 0 Å². The predicted molar refractivity (Wildman–Crippen MR) is 62.0 cm³/mol. The topological polar surface area (TPSA) is 15.8 Å². The van der Waals surface area contributed by atoms with E-state index in [9.17, 15) is 13.2 Å². The highest BCUT2D eigenvalue weighted by Gasteiger charge is 2.31. The molecule has 0 aliphatic rings. The Balaban J connectivity index is 2.67. The fraction of sp³-hybridized carbons (Fsp3) is 0.385. The molecule has 1 nitrogen and oxygen atoms in total. The first-order valence-electron chi connectivity index (χ1n) is 5.38. The van der Waals surface area contributed by atoms with E-state index in [1.165, 1.54) is 12.1 Å². The number of H-pyrrole nitrogens is 1. The summed E-state index contributed by atoms with van der Waals surface area (Å²) in [6, 6.07) is 3.80. The number of alkyl halides is 3. The van der Waals surface area contributed by atoms with Crippen molar-refractivity contribution < 1.29 is 13.2 Å². The van der Waals surface area contributed by atoms with Crippen LogP contribution in [-0.4, -0.2) is 4.98 Å². The molecule has 0 bridgehead atoms. The van der Waals surface area contributed by atoms with E-state index in [-0.39, 0.29) is 5.41 Å². The van der Waals surface area contributed by atoms with Crippen LogP contribution in [0.3, 0.4) is 0 Å². The van der Waals surface area contributed by atoms with Gasteiger partial charge in [-0.25, -0.2) is 0 Å². The zero-order valence-electron chi connectivity index (χ0n) is 9.94. The monoisotopic (exact) mass is 241 g/mol. The van der Waals surface area contributed by atoms with Crippen LogP contribution in [0.15, 0.2) is 24.4 Å². The van der Waals surface area contributed by atoms with Crippen LogP contribution in [-0.2, 0) is 11.6 Å². The Hall–Kier alpha value is -1.45. The number of aromatic amines is 1. The summed E-state index contributed by atoms with van der Waals surface area (Å²) >= 11 is 0. The second kappa shape index (κ2) is 3.52. The summed E-state index contributed by atoms with van der Waals surface area (Å²) in [4.78, 5) is 3.01. The Bertz CT molecular complexity index is 544. The van der Waals surface area contributed by atoms with E-state index in [0.717, 1.165) is 17.1 Å². The summed E-state index contributed by atoms with van der Waals surface area (Å²) < 4.78 is 37.9. The molecule has 1 heterocycles. The normalized spacial score (nSPS) is 13.3. The lowest BCUT2D eigenvalue weighted by Gasteiger charge is -2.17. The van der Waals surface area contributed by atoms with Gasteiger partial charge < -0.3 is 4.98 Å². The van der Waals surface area contributed by atoms with Crippen molar-refractivity contribution in [1.82, 2.24) is 4.98 Å². The third-order valence-electron chi connectivity index (χ3n) is 2.82. The van der Waals surface area contributed by atoms with E-state index < -0.39 is 11.7 Å². The fourth-order valence-electron chi connectivity index (χ4n) is 1.92. The van der Waals surface area contributed by atoms with Gasteiger partial charge >= 0.3 is 6.18 Å². The molecule has 0 fully saturated rings. The number of fused-ring (bicyclic) bond motifs is 1. The predicted octanol–water partition coefficient (Wildman–Crippen LogP) is 4.48. The van der Waals surface area contributed by atoms with Gasteiger partial charge in [-0.2, -0.15) is 13.2 Å². The smallest absolute Gasteiger partial charge is 0.361 e. The summed E-state index contributed by atoms with van der Waals surface area (Å²) in [7, 11) is 0. The highest BCUT2D eigenvalue weighted by atomic mass is 19.4. The number of hydrogen-bond acceptors (Lipinski definition) is 0. The Morgan fingerprint density at radius 2 is 1.71 bits per heavy atom. The van der Waals surface area contributed by atoms with E-state index in [1.54, 1.807) is 6.20 Å². The molecular formula is C13H14F3N. The molecule has 2 aromatic rings. The molecule has 0 saturated carbocycles. The average Bonchev–Trinajstić information content (AvgIpc) is 2.57. The summed E-state index contributed by atoms with van der Waals surface area (Å²) in [5.74, 6) is 0. The van der Waals surface area contributed by atoms with Gasteiger partial charge in [-0.3, -0.25) is 0 Å². The van der Waals surface area contributed by atoms with Crippen LogP contribution in [0.4, 0.5) is 13.2 Å². The molecule has 0 amide bonds. The molecule has 92 valence electrons. The summed E-state index contributed by atoms with van der Waals surface area (Å²) in [5.41, 5.74) is 0.860. The highest BCUT2D eigenvalue weighted by molar-refractivity contribution is 5.85. The van der Waals surface area contributed by atoms with Crippen molar-refractivity contribution in [2.24, 2.45) is 0 Å². The SMILES string of the molecule is CC(C)(C)c1c[nH]c2ccc(C(F)(F)F)cc12. The van der Waals surface area contributed by atoms with Gasteiger partial charge in [0.1, 0.15) is 0 Å². The van der Waals surface area contributed by atoms with Gasteiger partial charge in [-0.15, -0.1) is 0 Å². The Kier molecular flexibility index (Phi) is 2.49. The number of halogens is 3. The van der Waals surface area contributed by atoms with Crippen molar-refractivity contribution in [1.29, 1.82) is 0 Å². The van der Waals surface area contributed by atoms with Gasteiger partial charge in [0.05, 0.1) is 5.56 Å². The maximum Gasteiger partial charge on any atom is 0.416 e. The summed E-state index contributed by atoms with van der Waals surface area (Å²) in [5, 5.41) is 0.646. The quantitative estimate of drug-likeness (QED) is 0.699. The number of aromatic nitrogens is 1. The van der Waals surface area contributed by atoms with Crippen molar-refractivity contribution >= 4 is 10.9 Å². The lowest BCUT2D eigenvalue weighted by Crippen LogP contribution is -2.10. The van der Waals surface area contributed by atoms with Crippen molar-refractivity contribution in [3.63, 3.8) is 0 Å². The molecule has 1 aromatic carbocycles. The zero-order chi connectivity index (χ0) is 12.8. The molecule has 1 aromatic heterocycles. The van der Waals surface area contributed by atoms with Crippen molar-refractivity contribution in [2.75, 3.05) is 0 Å². The maximum atomic E-state index is 12.6. The molecule has 0 unspecified atom stereocenters. The van der Waals surface area contributed by atoms with Crippen molar-refractivity contribution in [3.05, 3.63) is 35.5 Å². The molecule has 0 aliphatic carbocycles. The molecule has 17 heavy (non-hydrogen) atoms. The third kappa shape index (κ3) is 2.16. The summed E-state index contributed by atoms with van der Waals surface area (Å²) in [6.07, 6.45) is -2.51. The van der Waals surface area contributed by atoms with Gasteiger partial charge in [0, 0.05) is 17.1 Å². The molecule has 1 N–H and O–H groups in total. The Labute approximate surface area is 97.6 Å². The van der Waals surface area contributed by atoms with Crippen LogP contribution < -0.4 is 0 Å².